The van der Waals surface area contributed by atoms with E-state index >= 15 is 0 Å². The highest BCUT2D eigenvalue weighted by molar-refractivity contribution is 6.30. The Labute approximate surface area is 340 Å². The smallest absolute Gasteiger partial charge is 0.405 e. The summed E-state index contributed by atoms with van der Waals surface area (Å²) in [7, 11) is 0. The van der Waals surface area contributed by atoms with Gasteiger partial charge in [0.2, 0.25) is 18.2 Å². The third kappa shape index (κ3) is 14.4. The van der Waals surface area contributed by atoms with Gasteiger partial charge in [0.1, 0.15) is 29.9 Å². The first-order valence-corrected chi connectivity index (χ1v) is 19.2. The zero-order valence-electron chi connectivity index (χ0n) is 33.0. The number of primary amides is 1. The number of halogens is 4. The van der Waals surface area contributed by atoms with Gasteiger partial charge in [-0.1, -0.05) is 36.7 Å². The summed E-state index contributed by atoms with van der Waals surface area (Å²) in [6.07, 6.45) is 2.83. The number of amides is 2. The number of aromatic nitrogens is 3. The molecule has 3 aromatic heterocycles. The summed E-state index contributed by atoms with van der Waals surface area (Å²) in [4.78, 5) is 37.4. The van der Waals surface area contributed by atoms with Crippen LogP contribution in [-0.4, -0.2) is 100 Å². The van der Waals surface area contributed by atoms with Crippen molar-refractivity contribution in [3.63, 3.8) is 0 Å². The number of hydrogen-bond acceptors (Lipinski definition) is 11. The zero-order chi connectivity index (χ0) is 42.3. The number of alkyl halides is 3. The van der Waals surface area contributed by atoms with E-state index < -0.39 is 18.8 Å². The van der Waals surface area contributed by atoms with Gasteiger partial charge in [0.05, 0.1) is 30.6 Å². The molecular weight excluding hydrogens is 779 g/mol. The second kappa shape index (κ2) is 21.6. The molecule has 2 amide bonds. The Balaban J connectivity index is 0.000000212. The lowest BCUT2D eigenvalue weighted by molar-refractivity contribution is -0.132. The summed E-state index contributed by atoms with van der Waals surface area (Å²) in [5, 5.41) is 12.4. The number of aliphatic hydroxyl groups excluding tert-OH is 1. The average Bonchev–Trinajstić information content (AvgIpc) is 3.85. The number of aryl methyl sites for hydroxylation is 2. The predicted molar refractivity (Wildman–Crippen MR) is 214 cm³/mol. The number of nitrogens with zero attached hydrogens (tertiary/aromatic N) is 5. The van der Waals surface area contributed by atoms with E-state index in [1.165, 1.54) is 23.6 Å². The quantitative estimate of drug-likeness (QED) is 0.130. The Bertz CT molecular complexity index is 1960. The van der Waals surface area contributed by atoms with Crippen LogP contribution in [-0.2, 0) is 21.5 Å². The number of hydrogen-bond donors (Lipinski definition) is 3. The van der Waals surface area contributed by atoms with Crippen molar-refractivity contribution in [1.82, 2.24) is 30.1 Å². The topological polar surface area (TPSA) is 173 Å². The number of para-hydroxylation sites is 1. The van der Waals surface area contributed by atoms with Crippen molar-refractivity contribution in [2.45, 2.75) is 64.8 Å². The molecule has 1 fully saturated rings. The summed E-state index contributed by atoms with van der Waals surface area (Å²) in [5.74, 6) is 2.66. The average molecular weight is 830 g/mol. The molecule has 17 heteroatoms. The van der Waals surface area contributed by atoms with Crippen LogP contribution in [0.5, 0.6) is 5.75 Å². The molecule has 2 atom stereocenters. The molecule has 13 nitrogen and oxygen atoms in total. The number of nitrogens with two attached hydrogens (primary N) is 1. The summed E-state index contributed by atoms with van der Waals surface area (Å²) in [6, 6.07) is 17.6. The summed E-state index contributed by atoms with van der Waals surface area (Å²) in [5.41, 5.74) is 8.86. The van der Waals surface area contributed by atoms with Crippen LogP contribution in [0, 0.1) is 12.8 Å². The maximum atomic E-state index is 11.2. The van der Waals surface area contributed by atoms with E-state index in [2.05, 4.69) is 50.7 Å². The molecule has 5 heterocycles. The lowest BCUT2D eigenvalue weighted by Crippen LogP contribution is -2.54. The van der Waals surface area contributed by atoms with Crippen molar-refractivity contribution in [3.8, 4) is 17.1 Å². The Morgan fingerprint density at radius 1 is 1.05 bits per heavy atom. The molecule has 0 saturated carbocycles. The van der Waals surface area contributed by atoms with Crippen molar-refractivity contribution < 1.29 is 41.4 Å². The Kier molecular flexibility index (Phi) is 17.0. The van der Waals surface area contributed by atoms with Crippen molar-refractivity contribution in [2.75, 3.05) is 45.9 Å². The van der Waals surface area contributed by atoms with Crippen molar-refractivity contribution in [2.24, 2.45) is 11.7 Å². The second-order valence-electron chi connectivity index (χ2n) is 14.4. The highest BCUT2D eigenvalue weighted by Gasteiger charge is 2.36. The van der Waals surface area contributed by atoms with Gasteiger partial charge in [0.15, 0.2) is 11.3 Å². The van der Waals surface area contributed by atoms with E-state index in [0.29, 0.717) is 23.9 Å². The van der Waals surface area contributed by atoms with E-state index in [9.17, 15) is 27.9 Å². The molecule has 7 rings (SSSR count). The van der Waals surface area contributed by atoms with Crippen LogP contribution in [0.2, 0.25) is 5.02 Å². The van der Waals surface area contributed by atoms with Gasteiger partial charge in [-0.05, 0) is 75.9 Å². The molecule has 2 aliphatic heterocycles. The first kappa shape index (κ1) is 45.7. The van der Waals surface area contributed by atoms with Crippen LogP contribution in [0.25, 0.3) is 22.4 Å². The van der Waals surface area contributed by atoms with Crippen LogP contribution >= 0.6 is 11.6 Å². The van der Waals surface area contributed by atoms with Crippen LogP contribution in [0.4, 0.5) is 13.2 Å². The molecule has 1 saturated heterocycles. The predicted octanol–water partition coefficient (Wildman–Crippen LogP) is 6.56. The molecule has 0 unspecified atom stereocenters. The van der Waals surface area contributed by atoms with E-state index in [4.69, 9.17) is 30.9 Å². The van der Waals surface area contributed by atoms with Crippen LogP contribution in [0.15, 0.2) is 82.2 Å². The Hall–Kier alpha value is -5.03. The largest absolute Gasteiger partial charge is 0.493 e. The van der Waals surface area contributed by atoms with Crippen molar-refractivity contribution in [1.29, 1.82) is 0 Å². The number of piperazine rings is 1. The van der Waals surface area contributed by atoms with Gasteiger partial charge in [0, 0.05) is 55.3 Å². The molecule has 0 spiro atoms. The third-order valence-corrected chi connectivity index (χ3v) is 9.68. The number of aliphatic hydroxyl groups is 1. The number of oxazole rings is 1. The monoisotopic (exact) mass is 829 g/mol. The number of fused-ring (bicyclic) bond motifs is 2. The highest BCUT2D eigenvalue weighted by Crippen LogP contribution is 2.32. The first-order chi connectivity index (χ1) is 27.5. The van der Waals surface area contributed by atoms with Crippen LogP contribution < -0.4 is 15.8 Å². The molecule has 0 radical (unpaired) electrons. The Morgan fingerprint density at radius 3 is 2.38 bits per heavy atom. The lowest BCUT2D eigenvalue weighted by Gasteiger charge is -2.42. The molecule has 2 aromatic carbocycles. The van der Waals surface area contributed by atoms with E-state index in [1.54, 1.807) is 19.3 Å². The van der Waals surface area contributed by atoms with E-state index in [1.807, 2.05) is 49.4 Å². The normalized spacial score (nSPS) is 15.5. The number of nitrogens with one attached hydrogen (secondary N) is 1. The molecule has 58 heavy (non-hydrogen) atoms. The van der Waals surface area contributed by atoms with Crippen molar-refractivity contribution in [3.05, 3.63) is 95.6 Å². The van der Waals surface area contributed by atoms with Crippen molar-refractivity contribution >= 4 is 35.0 Å². The van der Waals surface area contributed by atoms with Gasteiger partial charge in [0.25, 0.3) is 0 Å². The first-order valence-electron chi connectivity index (χ1n) is 18.8. The maximum Gasteiger partial charge on any atom is 0.405 e. The molecule has 4 N–H and O–H groups in total. The van der Waals surface area contributed by atoms with Gasteiger partial charge in [-0.2, -0.15) is 13.2 Å². The summed E-state index contributed by atoms with van der Waals surface area (Å²) >= 11 is 5.97. The van der Waals surface area contributed by atoms with Gasteiger partial charge in [-0.25, -0.2) is 15.0 Å². The number of β-amino-alcohol motifs (C(OH)–C–C–N with tert-alkyl or cyclic N) is 1. The molecule has 0 bridgehead atoms. The highest BCUT2D eigenvalue weighted by atomic mass is 35.5. The van der Waals surface area contributed by atoms with E-state index in [-0.39, 0.29) is 23.8 Å². The molecule has 5 aromatic rings. The molecule has 2 aliphatic rings. The fourth-order valence-electron chi connectivity index (χ4n) is 6.19. The number of carbonyl (C=O) groups is 2. The molecular formula is C41H51ClF3N7O6. The number of carbonyl (C=O) groups excluding carboxylic acids is 2. The third-order valence-electron chi connectivity index (χ3n) is 9.43. The number of ether oxygens (including phenoxy) is 1. The standard InChI is InChI=1S/C22H31ClN4O3.C9H10O.C7H6N2O.C3H4F3NO/c1-15(20(24)29)12-18(28)14-26-8-10-27(11-9-26)22(2,3)21-25-13-19(30-21)16-4-6-17(23)7-5-16;1-2-6-9-8(4-1)5-3-7-10-9;1-5-2-6-7(10-5)3-8-4-9-6;4-3(5,6)1-7-2-8/h4-7,13,15,18,28H,8-12,14H2,1-3H3,(H2,24,29);1-2,4,6H,3,5,7H2;2-4H,1H3;2H,1H2,(H,7,8)/t15-,18+;;;/m1.../s1. The molecule has 314 valence electrons. The zero-order valence-corrected chi connectivity index (χ0v) is 33.8. The lowest BCUT2D eigenvalue weighted by atomic mass is 10.0. The SMILES string of the molecule is C[C@H](C[C@H](O)CN1CCN(C(C)(C)c2ncc(-c3ccc(Cl)cc3)o2)CC1)C(N)=O.Cc1cc2ncncc2o1.O=CNCC(F)(F)F.c1ccc2c(c1)CCCO2. The van der Waals surface area contributed by atoms with Gasteiger partial charge in [-0.15, -0.1) is 0 Å². The maximum absolute atomic E-state index is 11.2. The fourth-order valence-corrected chi connectivity index (χ4v) is 6.31. The Morgan fingerprint density at radius 2 is 1.76 bits per heavy atom. The second-order valence-corrected chi connectivity index (χ2v) is 14.8. The van der Waals surface area contributed by atoms with E-state index in [0.717, 1.165) is 73.1 Å². The number of furan rings is 1. The minimum absolute atomic E-state index is 0.00743. The fraction of sp³-hybridized carbons (Fsp3) is 0.439. The number of rotatable bonds is 10. The molecule has 0 aliphatic carbocycles. The number of benzene rings is 2. The summed E-state index contributed by atoms with van der Waals surface area (Å²) in [6.45, 7) is 11.4. The van der Waals surface area contributed by atoms with Crippen LogP contribution in [0.3, 0.4) is 0 Å². The van der Waals surface area contributed by atoms with Gasteiger partial charge in [-0.3, -0.25) is 19.4 Å². The minimum atomic E-state index is -4.29. The van der Waals surface area contributed by atoms with Crippen LogP contribution in [0.1, 0.15) is 50.8 Å². The van der Waals surface area contributed by atoms with Gasteiger partial charge < -0.3 is 29.7 Å². The van der Waals surface area contributed by atoms with Gasteiger partial charge >= 0.3 is 6.18 Å². The minimum Gasteiger partial charge on any atom is -0.493 e. The summed E-state index contributed by atoms with van der Waals surface area (Å²) < 4.78 is 49.8.